The summed E-state index contributed by atoms with van der Waals surface area (Å²) in [5, 5.41) is 2.90. The van der Waals surface area contributed by atoms with Crippen LogP contribution in [0, 0.1) is 5.92 Å². The second-order valence-corrected chi connectivity index (χ2v) is 6.23. The first-order chi connectivity index (χ1) is 12.6. The molecule has 1 unspecified atom stereocenters. The van der Waals surface area contributed by atoms with E-state index in [0.29, 0.717) is 18.8 Å². The first-order valence-electron chi connectivity index (χ1n) is 8.44. The number of nitrogens with zero attached hydrogens (tertiary/aromatic N) is 1. The fourth-order valence-corrected chi connectivity index (χ4v) is 3.04. The highest BCUT2D eigenvalue weighted by Crippen LogP contribution is 2.27. The molecule has 2 amide bonds. The van der Waals surface area contributed by atoms with Crippen molar-refractivity contribution in [3.63, 3.8) is 0 Å². The van der Waals surface area contributed by atoms with Crippen LogP contribution in [0.1, 0.15) is 12.0 Å². The predicted octanol–water partition coefficient (Wildman–Crippen LogP) is 2.83. The minimum atomic E-state index is -0.379. The van der Waals surface area contributed by atoms with Crippen LogP contribution in [0.5, 0.6) is 5.75 Å². The third-order valence-electron chi connectivity index (χ3n) is 4.39. The average Bonchev–Trinajstić information content (AvgIpc) is 3.04. The monoisotopic (exact) mass is 354 g/mol. The Morgan fingerprint density at radius 1 is 1.19 bits per heavy atom. The van der Waals surface area contributed by atoms with Crippen molar-refractivity contribution in [1.82, 2.24) is 0 Å². The SMILES string of the molecule is COCc1cccc(NC(=O)C2CC(=O)N(c3ccc(OC)cc3)C2)c1. The Bertz CT molecular complexity index is 789. The van der Waals surface area contributed by atoms with Crippen LogP contribution >= 0.6 is 0 Å². The van der Waals surface area contributed by atoms with Crippen molar-refractivity contribution in [1.29, 1.82) is 0 Å². The van der Waals surface area contributed by atoms with Gasteiger partial charge >= 0.3 is 0 Å². The molecule has 0 spiro atoms. The molecule has 0 aromatic heterocycles. The highest BCUT2D eigenvalue weighted by atomic mass is 16.5. The number of rotatable bonds is 6. The zero-order valence-corrected chi connectivity index (χ0v) is 14.9. The summed E-state index contributed by atoms with van der Waals surface area (Å²) in [6.45, 7) is 0.853. The van der Waals surface area contributed by atoms with E-state index in [1.165, 1.54) is 0 Å². The highest BCUT2D eigenvalue weighted by molar-refractivity contribution is 6.03. The average molecular weight is 354 g/mol. The van der Waals surface area contributed by atoms with Gasteiger partial charge in [-0.15, -0.1) is 0 Å². The van der Waals surface area contributed by atoms with Crippen molar-refractivity contribution in [3.05, 3.63) is 54.1 Å². The van der Waals surface area contributed by atoms with Crippen LogP contribution in [0.25, 0.3) is 0 Å². The number of anilines is 2. The molecule has 2 aromatic rings. The maximum atomic E-state index is 12.6. The molecule has 1 N–H and O–H groups in total. The van der Waals surface area contributed by atoms with Crippen LogP contribution in [0.4, 0.5) is 11.4 Å². The minimum absolute atomic E-state index is 0.0524. The van der Waals surface area contributed by atoms with E-state index in [2.05, 4.69) is 5.32 Å². The first kappa shape index (κ1) is 17.9. The van der Waals surface area contributed by atoms with Gasteiger partial charge in [-0.25, -0.2) is 0 Å². The lowest BCUT2D eigenvalue weighted by molar-refractivity contribution is -0.122. The normalized spacial score (nSPS) is 16.6. The van der Waals surface area contributed by atoms with E-state index in [-0.39, 0.29) is 24.2 Å². The van der Waals surface area contributed by atoms with Crippen molar-refractivity contribution in [2.24, 2.45) is 5.92 Å². The number of amides is 2. The summed E-state index contributed by atoms with van der Waals surface area (Å²) in [5.74, 6) is 0.147. The Morgan fingerprint density at radius 2 is 1.96 bits per heavy atom. The standard InChI is InChI=1S/C20H22N2O4/c1-25-13-14-4-3-5-16(10-14)21-20(24)15-11-19(23)22(12-15)17-6-8-18(26-2)9-7-17/h3-10,15H,11-13H2,1-2H3,(H,21,24). The van der Waals surface area contributed by atoms with Gasteiger partial charge in [0.05, 0.1) is 19.6 Å². The molecular weight excluding hydrogens is 332 g/mol. The van der Waals surface area contributed by atoms with Crippen molar-refractivity contribution in [2.75, 3.05) is 31.0 Å². The topological polar surface area (TPSA) is 67.9 Å². The van der Waals surface area contributed by atoms with Gasteiger partial charge in [0.1, 0.15) is 5.75 Å². The second-order valence-electron chi connectivity index (χ2n) is 6.23. The Morgan fingerprint density at radius 3 is 2.65 bits per heavy atom. The van der Waals surface area contributed by atoms with E-state index in [0.717, 1.165) is 17.0 Å². The van der Waals surface area contributed by atoms with E-state index >= 15 is 0 Å². The van der Waals surface area contributed by atoms with E-state index in [1.807, 2.05) is 36.4 Å². The first-order valence-corrected chi connectivity index (χ1v) is 8.44. The number of nitrogens with one attached hydrogen (secondary N) is 1. The summed E-state index contributed by atoms with van der Waals surface area (Å²) in [4.78, 5) is 26.5. The quantitative estimate of drug-likeness (QED) is 0.866. The largest absolute Gasteiger partial charge is 0.497 e. The number of carbonyl (C=O) groups excluding carboxylic acids is 2. The Hall–Kier alpha value is -2.86. The fraction of sp³-hybridized carbons (Fsp3) is 0.300. The van der Waals surface area contributed by atoms with Crippen LogP contribution in [-0.2, 0) is 20.9 Å². The van der Waals surface area contributed by atoms with E-state index < -0.39 is 0 Å². The van der Waals surface area contributed by atoms with Gasteiger partial charge in [-0.2, -0.15) is 0 Å². The van der Waals surface area contributed by atoms with Crippen LogP contribution < -0.4 is 15.0 Å². The highest BCUT2D eigenvalue weighted by Gasteiger charge is 2.35. The summed E-state index contributed by atoms with van der Waals surface area (Å²) in [6.07, 6.45) is 0.204. The molecule has 0 bridgehead atoms. The molecule has 1 fully saturated rings. The maximum Gasteiger partial charge on any atom is 0.229 e. The van der Waals surface area contributed by atoms with Crippen molar-refractivity contribution < 1.29 is 19.1 Å². The van der Waals surface area contributed by atoms with Gasteiger partial charge in [0, 0.05) is 31.5 Å². The van der Waals surface area contributed by atoms with Gasteiger partial charge in [-0.05, 0) is 42.0 Å². The van der Waals surface area contributed by atoms with Crippen molar-refractivity contribution in [3.8, 4) is 5.75 Å². The van der Waals surface area contributed by atoms with E-state index in [9.17, 15) is 9.59 Å². The fourth-order valence-electron chi connectivity index (χ4n) is 3.04. The lowest BCUT2D eigenvalue weighted by Crippen LogP contribution is -2.28. The third kappa shape index (κ3) is 4.03. The molecule has 1 atom stereocenters. The minimum Gasteiger partial charge on any atom is -0.497 e. The van der Waals surface area contributed by atoms with Crippen LogP contribution in [0.3, 0.4) is 0 Å². The van der Waals surface area contributed by atoms with Gasteiger partial charge in [0.15, 0.2) is 0 Å². The molecule has 0 aliphatic carbocycles. The molecule has 3 rings (SSSR count). The van der Waals surface area contributed by atoms with Crippen LogP contribution in [0.15, 0.2) is 48.5 Å². The zero-order valence-electron chi connectivity index (χ0n) is 14.9. The maximum absolute atomic E-state index is 12.6. The Kier molecular flexibility index (Phi) is 5.53. The number of carbonyl (C=O) groups is 2. The number of methoxy groups -OCH3 is 2. The molecule has 0 radical (unpaired) electrons. The Balaban J connectivity index is 1.65. The molecule has 26 heavy (non-hydrogen) atoms. The number of ether oxygens (including phenoxy) is 2. The van der Waals surface area contributed by atoms with Crippen LogP contribution in [0.2, 0.25) is 0 Å². The summed E-state index contributed by atoms with van der Waals surface area (Å²) < 4.78 is 10.2. The summed E-state index contributed by atoms with van der Waals surface area (Å²) >= 11 is 0. The third-order valence-corrected chi connectivity index (χ3v) is 4.39. The second kappa shape index (κ2) is 8.01. The molecule has 136 valence electrons. The zero-order chi connectivity index (χ0) is 18.5. The lowest BCUT2D eigenvalue weighted by atomic mass is 10.1. The molecule has 0 saturated carbocycles. The summed E-state index contributed by atoms with van der Waals surface area (Å²) in [6, 6.07) is 14.8. The number of hydrogen-bond acceptors (Lipinski definition) is 4. The molecule has 6 nitrogen and oxygen atoms in total. The van der Waals surface area contributed by atoms with Gasteiger partial charge in [0.25, 0.3) is 0 Å². The van der Waals surface area contributed by atoms with Crippen LogP contribution in [-0.4, -0.2) is 32.6 Å². The smallest absolute Gasteiger partial charge is 0.229 e. The van der Waals surface area contributed by atoms with Gasteiger partial charge in [0.2, 0.25) is 11.8 Å². The molecule has 6 heteroatoms. The molecule has 2 aromatic carbocycles. The number of hydrogen-bond donors (Lipinski definition) is 1. The van der Waals surface area contributed by atoms with Gasteiger partial charge in [-0.3, -0.25) is 9.59 Å². The summed E-state index contributed by atoms with van der Waals surface area (Å²) in [5.41, 5.74) is 2.46. The molecule has 1 aliphatic heterocycles. The molecule has 1 saturated heterocycles. The number of benzene rings is 2. The molecule has 1 aliphatic rings. The lowest BCUT2D eigenvalue weighted by Gasteiger charge is -2.17. The Labute approximate surface area is 152 Å². The van der Waals surface area contributed by atoms with E-state index in [1.54, 1.807) is 31.3 Å². The van der Waals surface area contributed by atoms with E-state index in [4.69, 9.17) is 9.47 Å². The molecule has 1 heterocycles. The predicted molar refractivity (Wildman–Crippen MR) is 99.2 cm³/mol. The van der Waals surface area contributed by atoms with Gasteiger partial charge < -0.3 is 19.7 Å². The van der Waals surface area contributed by atoms with Crippen molar-refractivity contribution >= 4 is 23.2 Å². The summed E-state index contributed by atoms with van der Waals surface area (Å²) in [7, 11) is 3.22. The van der Waals surface area contributed by atoms with Gasteiger partial charge in [-0.1, -0.05) is 12.1 Å². The van der Waals surface area contributed by atoms with Crippen molar-refractivity contribution in [2.45, 2.75) is 13.0 Å². The molecular formula is C20H22N2O4.